The van der Waals surface area contributed by atoms with Gasteiger partial charge >= 0.3 is 24.3 Å². The van der Waals surface area contributed by atoms with E-state index in [1.807, 2.05) is 0 Å². The van der Waals surface area contributed by atoms with E-state index >= 15 is 0 Å². The van der Waals surface area contributed by atoms with Gasteiger partial charge in [-0.3, -0.25) is 0 Å². The second kappa shape index (κ2) is 9.88. The first-order chi connectivity index (χ1) is 17.0. The lowest BCUT2D eigenvalue weighted by Crippen LogP contribution is -2.41. The molecule has 0 amide bonds. The lowest BCUT2D eigenvalue weighted by molar-refractivity contribution is -0.187. The Morgan fingerprint density at radius 3 is 2.11 bits per heavy atom. The number of nitrogens with two attached hydrogens (primary N) is 1. The number of rotatable bonds is 2. The predicted octanol–water partition coefficient (Wildman–Crippen LogP) is 5.41. The van der Waals surface area contributed by atoms with Crippen molar-refractivity contribution in [1.29, 1.82) is 0 Å². The van der Waals surface area contributed by atoms with Crippen LogP contribution in [-0.2, 0) is 9.59 Å². The van der Waals surface area contributed by atoms with Crippen LogP contribution in [0.2, 0.25) is 0 Å². The first kappa shape index (κ1) is 27.7. The van der Waals surface area contributed by atoms with E-state index in [4.69, 9.17) is 37.0 Å². The number of anilines is 1. The van der Waals surface area contributed by atoms with Crippen molar-refractivity contribution < 1.29 is 55.6 Å². The first-order valence-electron chi connectivity index (χ1n) is 10.1. The third-order valence-corrected chi connectivity index (χ3v) is 5.53. The van der Waals surface area contributed by atoms with Gasteiger partial charge in [0.25, 0.3) is 0 Å². The maximum Gasteiger partial charge on any atom is 0.430 e. The topological polar surface area (TPSA) is 119 Å². The van der Waals surface area contributed by atoms with E-state index < -0.39 is 52.7 Å². The van der Waals surface area contributed by atoms with E-state index in [0.717, 1.165) is 6.08 Å². The zero-order valence-corrected chi connectivity index (χ0v) is 19.2. The Balaban J connectivity index is 0.000000206. The second-order valence-corrected chi connectivity index (χ2v) is 8.14. The van der Waals surface area contributed by atoms with Crippen molar-refractivity contribution in [2.45, 2.75) is 31.5 Å². The molecule has 0 bridgehead atoms. The lowest BCUT2D eigenvalue weighted by Gasteiger charge is -2.29. The highest BCUT2D eigenvalue weighted by Gasteiger charge is 2.51. The largest absolute Gasteiger partial charge is 0.478 e. The van der Waals surface area contributed by atoms with Crippen molar-refractivity contribution in [3.8, 4) is 11.5 Å². The number of ether oxygens (including phenoxy) is 2. The van der Waals surface area contributed by atoms with E-state index in [9.17, 15) is 35.9 Å². The van der Waals surface area contributed by atoms with Crippen molar-refractivity contribution >= 4 is 40.3 Å². The molecule has 0 fully saturated rings. The average Bonchev–Trinajstić information content (AvgIpc) is 2.77. The van der Waals surface area contributed by atoms with Crippen LogP contribution in [-0.4, -0.2) is 46.7 Å². The average molecular weight is 552 g/mol. The molecule has 37 heavy (non-hydrogen) atoms. The normalized spacial score (nSPS) is 18.8. The molecule has 0 saturated carbocycles. The number of carbonyl (C=O) groups is 2. The number of carboxylic acid groups (broad SMARTS) is 2. The van der Waals surface area contributed by atoms with Gasteiger partial charge in [-0.1, -0.05) is 23.7 Å². The Bertz CT molecular complexity index is 1320. The molecular weight excluding hydrogens is 536 g/mol. The van der Waals surface area contributed by atoms with Crippen molar-refractivity contribution in [1.82, 2.24) is 0 Å². The number of aliphatic carboxylic acids is 2. The maximum atomic E-state index is 12.9. The molecule has 0 radical (unpaired) electrons. The van der Waals surface area contributed by atoms with Crippen LogP contribution in [0.25, 0.3) is 11.1 Å². The highest BCUT2D eigenvalue weighted by Crippen LogP contribution is 2.44. The molecule has 2 heterocycles. The molecule has 7 nitrogen and oxygen atoms in total. The van der Waals surface area contributed by atoms with Crippen LogP contribution in [0.1, 0.15) is 16.7 Å². The van der Waals surface area contributed by atoms with Gasteiger partial charge in [0, 0.05) is 16.8 Å². The van der Waals surface area contributed by atoms with E-state index in [-0.39, 0.29) is 22.6 Å². The van der Waals surface area contributed by atoms with Crippen LogP contribution in [0.15, 0.2) is 47.5 Å². The Labute approximate surface area is 209 Å². The summed E-state index contributed by atoms with van der Waals surface area (Å²) in [6.07, 6.45) is -13.7. The summed E-state index contributed by atoms with van der Waals surface area (Å²) in [5.41, 5.74) is 4.75. The summed E-state index contributed by atoms with van der Waals surface area (Å²) in [6, 6.07) is 8.55. The zero-order valence-electron chi connectivity index (χ0n) is 18.4. The Morgan fingerprint density at radius 2 is 1.57 bits per heavy atom. The number of hydrogen-bond acceptors (Lipinski definition) is 5. The van der Waals surface area contributed by atoms with Crippen LogP contribution >= 0.6 is 11.6 Å². The van der Waals surface area contributed by atoms with Gasteiger partial charge in [-0.2, -0.15) is 26.3 Å². The molecule has 2 aromatic carbocycles. The molecular formula is C23H16ClF6NO6. The monoisotopic (exact) mass is 551 g/mol. The molecule has 0 aromatic heterocycles. The number of fused-ring (bicyclic) bond motifs is 2. The second-order valence-electron chi connectivity index (χ2n) is 7.77. The van der Waals surface area contributed by atoms with Crippen molar-refractivity contribution in [2.75, 3.05) is 5.73 Å². The Kier molecular flexibility index (Phi) is 7.40. The van der Waals surface area contributed by atoms with Crippen molar-refractivity contribution in [2.24, 2.45) is 0 Å². The van der Waals surface area contributed by atoms with Gasteiger partial charge in [0.1, 0.15) is 17.1 Å². The molecule has 2 atom stereocenters. The van der Waals surface area contributed by atoms with E-state index in [1.165, 1.54) is 24.3 Å². The fourth-order valence-corrected chi connectivity index (χ4v) is 3.82. The van der Waals surface area contributed by atoms with Gasteiger partial charge in [-0.05, 0) is 42.8 Å². The molecule has 2 aliphatic rings. The van der Waals surface area contributed by atoms with Gasteiger partial charge in [0.2, 0.25) is 12.2 Å². The summed E-state index contributed by atoms with van der Waals surface area (Å²) in [6.45, 7) is 1.56. The fourth-order valence-electron chi connectivity index (χ4n) is 3.49. The molecule has 2 aliphatic heterocycles. The summed E-state index contributed by atoms with van der Waals surface area (Å²) in [7, 11) is 0. The van der Waals surface area contributed by atoms with Crippen molar-refractivity contribution in [3.63, 3.8) is 0 Å². The number of hydrogen-bond donors (Lipinski definition) is 3. The molecule has 2 aromatic rings. The van der Waals surface area contributed by atoms with Crippen LogP contribution in [0.5, 0.6) is 11.5 Å². The van der Waals surface area contributed by atoms with E-state index in [2.05, 4.69) is 0 Å². The molecule has 4 rings (SSSR count). The number of halogens is 7. The third kappa shape index (κ3) is 5.77. The van der Waals surface area contributed by atoms with E-state index in [1.54, 1.807) is 19.1 Å². The van der Waals surface area contributed by atoms with Crippen LogP contribution in [0, 0.1) is 6.92 Å². The molecule has 198 valence electrons. The summed E-state index contributed by atoms with van der Waals surface area (Å²) < 4.78 is 86.1. The molecule has 0 saturated heterocycles. The fraction of sp³-hybridized carbons (Fsp3) is 0.217. The minimum absolute atomic E-state index is 0.0418. The summed E-state index contributed by atoms with van der Waals surface area (Å²) in [4.78, 5) is 21.8. The van der Waals surface area contributed by atoms with Gasteiger partial charge in [-0.25, -0.2) is 9.59 Å². The number of para-hydroxylation sites is 1. The molecule has 4 N–H and O–H groups in total. The first-order valence-corrected chi connectivity index (χ1v) is 10.4. The summed E-state index contributed by atoms with van der Waals surface area (Å²) >= 11 is 5.80. The quantitative estimate of drug-likeness (QED) is 0.337. The standard InChI is InChI=1S/C12H8ClF3O3.C11H8F3NO3/c1-5-3-2-4-6-8(13)7(11(17)18)10(12(14,15)16)19-9(5)6;12-11(13,14)9-7(10(16)17)4-5-3-6(15)1-2-8(5)18-9/h2-4,10H,1H3,(H,17,18);1-4,9H,15H2,(H,16,17). The zero-order chi connectivity index (χ0) is 27.9. The minimum Gasteiger partial charge on any atom is -0.478 e. The smallest absolute Gasteiger partial charge is 0.430 e. The highest BCUT2D eigenvalue weighted by atomic mass is 35.5. The number of alkyl halides is 6. The highest BCUT2D eigenvalue weighted by molar-refractivity contribution is 6.51. The van der Waals surface area contributed by atoms with Gasteiger partial charge < -0.3 is 25.4 Å². The van der Waals surface area contributed by atoms with Gasteiger partial charge in [0.05, 0.1) is 10.6 Å². The molecule has 0 aliphatic carbocycles. The number of aryl methyl sites for hydroxylation is 1. The van der Waals surface area contributed by atoms with Gasteiger partial charge in [0.15, 0.2) is 0 Å². The van der Waals surface area contributed by atoms with Crippen molar-refractivity contribution in [3.05, 3.63) is 64.2 Å². The Hall–Kier alpha value is -3.87. The minimum atomic E-state index is -4.85. The number of nitrogen functional groups attached to an aromatic ring is 1. The predicted molar refractivity (Wildman–Crippen MR) is 119 cm³/mol. The van der Waals surface area contributed by atoms with Crippen LogP contribution in [0.3, 0.4) is 0 Å². The van der Waals surface area contributed by atoms with E-state index in [0.29, 0.717) is 11.3 Å². The SMILES string of the molecule is Cc1cccc2c1OC(C(F)(F)F)C(C(=O)O)=C2Cl.Nc1ccc2c(c1)C=C(C(=O)O)C(C(F)(F)F)O2. The summed E-state index contributed by atoms with van der Waals surface area (Å²) in [5.74, 6) is -3.51. The number of benzene rings is 2. The third-order valence-electron chi connectivity index (χ3n) is 5.13. The molecule has 2 unspecified atom stereocenters. The van der Waals surface area contributed by atoms with Crippen LogP contribution in [0.4, 0.5) is 32.0 Å². The molecule has 0 spiro atoms. The number of carboxylic acids is 2. The van der Waals surface area contributed by atoms with Crippen LogP contribution < -0.4 is 15.2 Å². The molecule has 14 heteroatoms. The Morgan fingerprint density at radius 1 is 0.946 bits per heavy atom. The maximum absolute atomic E-state index is 12.9. The summed E-state index contributed by atoms with van der Waals surface area (Å²) in [5, 5.41) is 17.3. The lowest BCUT2D eigenvalue weighted by atomic mass is 9.99. The van der Waals surface area contributed by atoms with Gasteiger partial charge in [-0.15, -0.1) is 0 Å².